The van der Waals surface area contributed by atoms with Crippen LogP contribution in [0.5, 0.6) is 11.5 Å². The highest BCUT2D eigenvalue weighted by Crippen LogP contribution is 2.52. The Kier molecular flexibility index (Phi) is 4.81. The number of hydrogen-bond donors (Lipinski definition) is 0. The second-order valence-electron chi connectivity index (χ2n) is 8.41. The SMILES string of the molecule is COc1ccc(C23C=CC4(CC2N(C)CC3)OCC(c2cccnc2)O4)cc1OC. The molecule has 30 heavy (non-hydrogen) atoms. The largest absolute Gasteiger partial charge is 0.493 e. The number of fused-ring (bicyclic) bond motifs is 1. The molecule has 0 bridgehead atoms. The highest BCUT2D eigenvalue weighted by atomic mass is 16.7. The highest BCUT2D eigenvalue weighted by Gasteiger charge is 2.55. The third-order valence-electron chi connectivity index (χ3n) is 6.92. The molecule has 0 saturated carbocycles. The van der Waals surface area contributed by atoms with E-state index in [1.54, 1.807) is 20.4 Å². The van der Waals surface area contributed by atoms with E-state index in [0.29, 0.717) is 6.61 Å². The molecule has 1 spiro atoms. The third-order valence-corrected chi connectivity index (χ3v) is 6.92. The van der Waals surface area contributed by atoms with Gasteiger partial charge in [-0.1, -0.05) is 18.2 Å². The first-order chi connectivity index (χ1) is 14.6. The van der Waals surface area contributed by atoms with Crippen LogP contribution in [-0.4, -0.2) is 56.1 Å². The molecule has 6 nitrogen and oxygen atoms in total. The summed E-state index contributed by atoms with van der Waals surface area (Å²) in [6, 6.07) is 10.5. The second kappa shape index (κ2) is 7.38. The van der Waals surface area contributed by atoms with Gasteiger partial charge in [0, 0.05) is 35.8 Å². The van der Waals surface area contributed by atoms with Gasteiger partial charge in [0.05, 0.1) is 20.8 Å². The van der Waals surface area contributed by atoms with E-state index in [1.165, 1.54) is 5.56 Å². The molecule has 2 aliphatic heterocycles. The minimum atomic E-state index is -0.691. The van der Waals surface area contributed by atoms with Crippen LogP contribution in [0.15, 0.2) is 54.9 Å². The fourth-order valence-electron chi connectivity index (χ4n) is 5.23. The van der Waals surface area contributed by atoms with Crippen LogP contribution in [0, 0.1) is 0 Å². The van der Waals surface area contributed by atoms with Gasteiger partial charge in [-0.3, -0.25) is 4.98 Å². The third kappa shape index (κ3) is 3.02. The predicted molar refractivity (Wildman–Crippen MR) is 113 cm³/mol. The van der Waals surface area contributed by atoms with E-state index in [1.807, 2.05) is 24.4 Å². The number of methoxy groups -OCH3 is 2. The number of pyridine rings is 1. The molecule has 1 aromatic heterocycles. The molecule has 3 aliphatic rings. The summed E-state index contributed by atoms with van der Waals surface area (Å²) in [6.07, 6.45) is 9.81. The summed E-state index contributed by atoms with van der Waals surface area (Å²) >= 11 is 0. The Labute approximate surface area is 177 Å². The fourth-order valence-corrected chi connectivity index (χ4v) is 5.23. The molecule has 0 N–H and O–H groups in total. The van der Waals surface area contributed by atoms with Gasteiger partial charge in [0.2, 0.25) is 0 Å². The standard InChI is InChI=1S/C24H28N2O4/c1-26-12-10-23(18-6-7-19(27-2)20(13-18)28-3)8-9-24(14-22(23)26)29-16-21(30-24)17-5-4-11-25-15-17/h4-9,11,13,15,21-22H,10,12,14,16H2,1-3H3. The lowest BCUT2D eigenvalue weighted by Gasteiger charge is -2.43. The van der Waals surface area contributed by atoms with E-state index in [4.69, 9.17) is 18.9 Å². The van der Waals surface area contributed by atoms with Crippen molar-refractivity contribution in [2.45, 2.75) is 36.2 Å². The van der Waals surface area contributed by atoms with Gasteiger partial charge in [0.1, 0.15) is 6.10 Å². The van der Waals surface area contributed by atoms with Gasteiger partial charge in [0.25, 0.3) is 0 Å². The first-order valence-electron chi connectivity index (χ1n) is 10.4. The molecule has 158 valence electrons. The number of benzene rings is 1. The number of rotatable bonds is 4. The summed E-state index contributed by atoms with van der Waals surface area (Å²) in [5.41, 5.74) is 2.19. The van der Waals surface area contributed by atoms with Crippen molar-refractivity contribution < 1.29 is 18.9 Å². The molecule has 1 aromatic carbocycles. The second-order valence-corrected chi connectivity index (χ2v) is 8.41. The Morgan fingerprint density at radius 1 is 1.13 bits per heavy atom. The zero-order chi connectivity index (χ0) is 20.8. The summed E-state index contributed by atoms with van der Waals surface area (Å²) < 4.78 is 23.8. The van der Waals surface area contributed by atoms with Crippen LogP contribution in [0.1, 0.15) is 30.1 Å². The molecule has 5 rings (SSSR count). The molecule has 0 radical (unpaired) electrons. The van der Waals surface area contributed by atoms with Crippen LogP contribution in [0.3, 0.4) is 0 Å². The van der Waals surface area contributed by atoms with E-state index < -0.39 is 5.79 Å². The molecule has 3 heterocycles. The molecule has 4 unspecified atom stereocenters. The van der Waals surface area contributed by atoms with Crippen molar-refractivity contribution in [3.8, 4) is 11.5 Å². The molecule has 2 fully saturated rings. The summed E-state index contributed by atoms with van der Waals surface area (Å²) in [6.45, 7) is 1.56. The van der Waals surface area contributed by atoms with Gasteiger partial charge < -0.3 is 23.8 Å². The lowest BCUT2D eigenvalue weighted by atomic mass is 9.68. The van der Waals surface area contributed by atoms with Crippen molar-refractivity contribution in [2.75, 3.05) is 34.4 Å². The molecular formula is C24H28N2O4. The fraction of sp³-hybridized carbons (Fsp3) is 0.458. The monoisotopic (exact) mass is 408 g/mol. The quantitative estimate of drug-likeness (QED) is 0.722. The van der Waals surface area contributed by atoms with Crippen LogP contribution < -0.4 is 9.47 Å². The topological polar surface area (TPSA) is 53.1 Å². The number of likely N-dealkylation sites (N-methyl/N-ethyl adjacent to an activating group) is 1. The Morgan fingerprint density at radius 3 is 2.77 bits per heavy atom. The summed E-state index contributed by atoms with van der Waals surface area (Å²) in [4.78, 5) is 6.65. The number of aromatic nitrogens is 1. The minimum Gasteiger partial charge on any atom is -0.493 e. The van der Waals surface area contributed by atoms with Gasteiger partial charge in [-0.25, -0.2) is 0 Å². The van der Waals surface area contributed by atoms with Gasteiger partial charge in [-0.15, -0.1) is 0 Å². The van der Waals surface area contributed by atoms with Gasteiger partial charge in [-0.05, 0) is 49.9 Å². The lowest BCUT2D eigenvalue weighted by molar-refractivity contribution is -0.150. The summed E-state index contributed by atoms with van der Waals surface area (Å²) in [5, 5.41) is 0. The first-order valence-corrected chi connectivity index (χ1v) is 10.4. The Bertz CT molecular complexity index is 949. The van der Waals surface area contributed by atoms with E-state index >= 15 is 0 Å². The maximum Gasteiger partial charge on any atom is 0.190 e. The van der Waals surface area contributed by atoms with Crippen LogP contribution in [0.25, 0.3) is 0 Å². The smallest absolute Gasteiger partial charge is 0.190 e. The molecule has 2 aromatic rings. The molecule has 4 atom stereocenters. The van der Waals surface area contributed by atoms with Crippen molar-refractivity contribution in [1.82, 2.24) is 9.88 Å². The van der Waals surface area contributed by atoms with E-state index in [-0.39, 0.29) is 17.6 Å². The molecular weight excluding hydrogens is 380 g/mol. The minimum absolute atomic E-state index is 0.0939. The van der Waals surface area contributed by atoms with Gasteiger partial charge in [0.15, 0.2) is 17.3 Å². The van der Waals surface area contributed by atoms with Crippen LogP contribution >= 0.6 is 0 Å². The summed E-state index contributed by atoms with van der Waals surface area (Å²) in [7, 11) is 5.54. The zero-order valence-electron chi connectivity index (χ0n) is 17.7. The molecule has 6 heteroatoms. The van der Waals surface area contributed by atoms with Gasteiger partial charge in [-0.2, -0.15) is 0 Å². The Hall–Kier alpha value is -2.41. The Balaban J connectivity index is 1.48. The lowest BCUT2D eigenvalue weighted by Crippen LogP contribution is -2.49. The van der Waals surface area contributed by atoms with Crippen molar-refractivity contribution >= 4 is 0 Å². The molecule has 2 saturated heterocycles. The zero-order valence-corrected chi connectivity index (χ0v) is 17.7. The normalized spacial score (nSPS) is 33.0. The number of hydrogen-bond acceptors (Lipinski definition) is 6. The van der Waals surface area contributed by atoms with Crippen LogP contribution in [0.2, 0.25) is 0 Å². The van der Waals surface area contributed by atoms with Crippen molar-refractivity contribution in [1.29, 1.82) is 0 Å². The van der Waals surface area contributed by atoms with Crippen LogP contribution in [0.4, 0.5) is 0 Å². The first kappa shape index (κ1) is 19.5. The number of likely N-dealkylation sites (tertiary alicyclic amines) is 1. The van der Waals surface area contributed by atoms with E-state index in [9.17, 15) is 0 Å². The van der Waals surface area contributed by atoms with E-state index in [0.717, 1.165) is 36.4 Å². The Morgan fingerprint density at radius 2 is 2.00 bits per heavy atom. The summed E-state index contributed by atoms with van der Waals surface area (Å²) in [5.74, 6) is 0.819. The van der Waals surface area contributed by atoms with Crippen molar-refractivity contribution in [3.63, 3.8) is 0 Å². The average molecular weight is 408 g/mol. The van der Waals surface area contributed by atoms with E-state index in [2.05, 4.69) is 41.2 Å². The van der Waals surface area contributed by atoms with Crippen molar-refractivity contribution in [2.24, 2.45) is 0 Å². The van der Waals surface area contributed by atoms with Crippen molar-refractivity contribution in [3.05, 3.63) is 66.0 Å². The number of ether oxygens (including phenoxy) is 4. The number of nitrogens with zero attached hydrogens (tertiary/aromatic N) is 2. The predicted octanol–water partition coefficient (Wildman–Crippen LogP) is 3.49. The van der Waals surface area contributed by atoms with Gasteiger partial charge >= 0.3 is 0 Å². The molecule has 1 aliphatic carbocycles. The molecule has 0 amide bonds. The van der Waals surface area contributed by atoms with Crippen LogP contribution in [-0.2, 0) is 14.9 Å². The average Bonchev–Trinajstić information content (AvgIpc) is 3.36. The highest BCUT2D eigenvalue weighted by molar-refractivity contribution is 5.49. The maximum atomic E-state index is 6.47. The maximum absolute atomic E-state index is 6.47.